The number of benzene rings is 2. The summed E-state index contributed by atoms with van der Waals surface area (Å²) in [5.74, 6) is -0.789. The molecule has 5 atom stereocenters. The second kappa shape index (κ2) is 13.9. The van der Waals surface area contributed by atoms with Crippen LogP contribution in [0.2, 0.25) is 0 Å². The number of carboxylic acids is 1. The van der Waals surface area contributed by atoms with Crippen molar-refractivity contribution in [2.75, 3.05) is 6.54 Å². The fraction of sp³-hybridized carbons (Fsp3) is 0.486. The largest absolute Gasteiger partial charge is 0.479 e. The number of ketones is 1. The highest BCUT2D eigenvalue weighted by Gasteiger charge is 2.35. The molecule has 0 radical (unpaired) electrons. The van der Waals surface area contributed by atoms with Crippen LogP contribution in [-0.2, 0) is 14.3 Å². The lowest BCUT2D eigenvalue weighted by Gasteiger charge is -2.36. The quantitative estimate of drug-likeness (QED) is 0.141. The topological polar surface area (TPSA) is 164 Å². The summed E-state index contributed by atoms with van der Waals surface area (Å²) in [6.07, 6.45) is 3.60. The van der Waals surface area contributed by atoms with Gasteiger partial charge in [0.25, 0.3) is 0 Å². The molecule has 0 spiro atoms. The number of hydrogen-bond acceptors (Lipinski definition) is 6. The lowest BCUT2D eigenvalue weighted by Crippen LogP contribution is -2.48. The van der Waals surface area contributed by atoms with Gasteiger partial charge in [-0.1, -0.05) is 57.5 Å². The van der Waals surface area contributed by atoms with Crippen LogP contribution in [0.4, 0.5) is 4.79 Å². The highest BCUT2D eigenvalue weighted by Crippen LogP contribution is 2.38. The maximum atomic E-state index is 13.2. The second-order valence-electron chi connectivity index (χ2n) is 13.7. The summed E-state index contributed by atoms with van der Waals surface area (Å²) >= 11 is 0. The summed E-state index contributed by atoms with van der Waals surface area (Å²) in [5, 5.41) is 15.5. The van der Waals surface area contributed by atoms with Gasteiger partial charge in [0.15, 0.2) is 11.8 Å². The molecule has 10 nitrogen and oxygen atoms in total. The maximum absolute atomic E-state index is 13.2. The Bertz CT molecular complexity index is 1550. The average molecular weight is 619 g/mol. The van der Waals surface area contributed by atoms with E-state index in [4.69, 9.17) is 10.5 Å². The van der Waals surface area contributed by atoms with E-state index in [1.54, 1.807) is 26.8 Å². The van der Waals surface area contributed by atoms with Crippen LogP contribution < -0.4 is 16.4 Å². The molecule has 1 saturated carbocycles. The molecular formula is C35H46N4O6. The first-order valence-electron chi connectivity index (χ1n) is 15.7. The molecule has 1 aromatic heterocycles. The minimum absolute atomic E-state index is 0.00968. The van der Waals surface area contributed by atoms with Crippen LogP contribution in [0.25, 0.3) is 22.0 Å². The molecule has 4 rings (SSSR count). The third-order valence-corrected chi connectivity index (χ3v) is 8.62. The molecule has 1 heterocycles. The molecule has 242 valence electrons. The van der Waals surface area contributed by atoms with Crippen LogP contribution in [0.5, 0.6) is 0 Å². The fourth-order valence-electron chi connectivity index (χ4n) is 6.24. The van der Waals surface area contributed by atoms with Crippen LogP contribution in [-0.4, -0.2) is 52.0 Å². The number of rotatable bonds is 10. The Hall–Kier alpha value is -4.18. The molecule has 0 unspecified atom stereocenters. The van der Waals surface area contributed by atoms with Crippen LogP contribution >= 0.6 is 0 Å². The zero-order valence-corrected chi connectivity index (χ0v) is 27.0. The van der Waals surface area contributed by atoms with E-state index in [0.29, 0.717) is 35.2 Å². The standard InChI is InChI=1S/C35H46N4O6/c1-19(2)24-12-10-20(3)14-26(24)32(41)38-18-28(36)23-9-7-8-21(15-23)22-11-13-25-27(17-37-29(25)16-22)31(40)30(33(42)43)39-34(44)45-35(4,5)6/h7-9,11,13,15-17,19-20,24,26,28,30,37H,10,12,14,18,36H2,1-6H3,(H,38,41)(H,39,44)(H,42,43)/t20-,24+,26-,28-,30+/m1/s1. The predicted molar refractivity (Wildman–Crippen MR) is 174 cm³/mol. The van der Waals surface area contributed by atoms with E-state index in [9.17, 15) is 24.3 Å². The number of alkyl carbamates (subject to hydrolysis) is 1. The maximum Gasteiger partial charge on any atom is 0.408 e. The monoisotopic (exact) mass is 618 g/mol. The summed E-state index contributed by atoms with van der Waals surface area (Å²) < 4.78 is 5.13. The Kier molecular flexibility index (Phi) is 10.4. The Morgan fingerprint density at radius 2 is 1.78 bits per heavy atom. The number of aromatic amines is 1. The molecule has 2 amide bonds. The number of aromatic nitrogens is 1. The zero-order chi connectivity index (χ0) is 33.1. The van der Waals surface area contributed by atoms with Crippen molar-refractivity contribution in [1.29, 1.82) is 0 Å². The molecular weight excluding hydrogens is 572 g/mol. The van der Waals surface area contributed by atoms with Crippen molar-refractivity contribution in [2.24, 2.45) is 29.4 Å². The van der Waals surface area contributed by atoms with Gasteiger partial charge in [0.05, 0.1) is 0 Å². The molecule has 2 aromatic carbocycles. The molecule has 45 heavy (non-hydrogen) atoms. The highest BCUT2D eigenvalue weighted by molar-refractivity contribution is 6.18. The van der Waals surface area contributed by atoms with Crippen LogP contribution in [0.15, 0.2) is 48.7 Å². The Balaban J connectivity index is 1.47. The first-order valence-corrected chi connectivity index (χ1v) is 15.7. The van der Waals surface area contributed by atoms with Crippen LogP contribution in [0.1, 0.15) is 82.8 Å². The fourth-order valence-corrected chi connectivity index (χ4v) is 6.24. The molecule has 10 heteroatoms. The van der Waals surface area contributed by atoms with Gasteiger partial charge in [0, 0.05) is 41.2 Å². The van der Waals surface area contributed by atoms with Crippen LogP contribution in [0.3, 0.4) is 0 Å². The van der Waals surface area contributed by atoms with Gasteiger partial charge in [-0.15, -0.1) is 0 Å². The van der Waals surface area contributed by atoms with Gasteiger partial charge in [-0.05, 0) is 80.2 Å². The van der Waals surface area contributed by atoms with E-state index >= 15 is 0 Å². The predicted octanol–water partition coefficient (Wildman–Crippen LogP) is 5.82. The number of ether oxygens (including phenoxy) is 1. The van der Waals surface area contributed by atoms with Crippen molar-refractivity contribution < 1.29 is 29.0 Å². The minimum Gasteiger partial charge on any atom is -0.479 e. The number of carbonyl (C=O) groups is 4. The molecule has 1 fully saturated rings. The van der Waals surface area contributed by atoms with E-state index in [1.165, 1.54) is 12.6 Å². The molecule has 0 saturated heterocycles. The van der Waals surface area contributed by atoms with Gasteiger partial charge in [0.1, 0.15) is 5.60 Å². The normalized spacial score (nSPS) is 20.0. The number of H-pyrrole nitrogens is 1. The third kappa shape index (κ3) is 8.30. The van der Waals surface area contributed by atoms with Crippen molar-refractivity contribution >= 4 is 34.7 Å². The van der Waals surface area contributed by atoms with E-state index in [0.717, 1.165) is 29.5 Å². The summed E-state index contributed by atoms with van der Waals surface area (Å²) in [5.41, 5.74) is 9.09. The second-order valence-corrected chi connectivity index (χ2v) is 13.7. The Morgan fingerprint density at radius 3 is 2.44 bits per heavy atom. The number of nitrogens with one attached hydrogen (secondary N) is 3. The summed E-state index contributed by atoms with van der Waals surface area (Å²) in [4.78, 5) is 53.5. The lowest BCUT2D eigenvalue weighted by molar-refractivity contribution is -0.138. The van der Waals surface area contributed by atoms with Gasteiger partial charge in [-0.2, -0.15) is 0 Å². The smallest absolute Gasteiger partial charge is 0.408 e. The van der Waals surface area contributed by atoms with E-state index in [-0.39, 0.29) is 17.4 Å². The molecule has 1 aliphatic rings. The van der Waals surface area contributed by atoms with Crippen molar-refractivity contribution in [3.05, 3.63) is 59.8 Å². The number of aliphatic carboxylic acids is 1. The van der Waals surface area contributed by atoms with Gasteiger partial charge in [-0.25, -0.2) is 9.59 Å². The summed E-state index contributed by atoms with van der Waals surface area (Å²) in [6, 6.07) is 11.0. The molecule has 6 N–H and O–H groups in total. The average Bonchev–Trinajstić information content (AvgIpc) is 3.40. The number of fused-ring (bicyclic) bond motifs is 1. The van der Waals surface area contributed by atoms with Crippen molar-refractivity contribution in [1.82, 2.24) is 15.6 Å². The summed E-state index contributed by atoms with van der Waals surface area (Å²) in [7, 11) is 0. The first kappa shape index (κ1) is 33.7. The third-order valence-electron chi connectivity index (χ3n) is 8.62. The van der Waals surface area contributed by atoms with Crippen molar-refractivity contribution in [3.8, 4) is 11.1 Å². The van der Waals surface area contributed by atoms with E-state index in [1.807, 2.05) is 36.4 Å². The zero-order valence-electron chi connectivity index (χ0n) is 27.0. The Labute approximate surface area is 264 Å². The first-order chi connectivity index (χ1) is 21.1. The number of nitrogens with two attached hydrogens (primary N) is 1. The molecule has 0 aliphatic heterocycles. The van der Waals surface area contributed by atoms with Crippen molar-refractivity contribution in [2.45, 2.75) is 78.5 Å². The SMILES string of the molecule is CC(C)[C@@H]1CC[C@@H](C)C[C@H]1C(=O)NC[C@@H](N)c1cccc(-c2ccc3c(C(=O)[C@H](NC(=O)OC(C)(C)C)C(=O)O)c[nH]c3c2)c1. The van der Waals surface area contributed by atoms with Gasteiger partial charge in [0.2, 0.25) is 5.91 Å². The van der Waals surface area contributed by atoms with Crippen molar-refractivity contribution in [3.63, 3.8) is 0 Å². The number of amides is 2. The lowest BCUT2D eigenvalue weighted by atomic mass is 9.70. The number of carboxylic acid groups (broad SMARTS) is 1. The van der Waals surface area contributed by atoms with Crippen LogP contribution in [0, 0.1) is 23.7 Å². The number of carbonyl (C=O) groups excluding carboxylic acids is 3. The minimum atomic E-state index is -1.81. The summed E-state index contributed by atoms with van der Waals surface area (Å²) in [6.45, 7) is 11.9. The molecule has 0 bridgehead atoms. The van der Waals surface area contributed by atoms with Gasteiger partial charge >= 0.3 is 12.1 Å². The molecule has 3 aromatic rings. The Morgan fingerprint density at radius 1 is 1.07 bits per heavy atom. The number of Topliss-reactive ketones (excluding diaryl/α,β-unsaturated/α-hetero) is 1. The van der Waals surface area contributed by atoms with Gasteiger partial charge < -0.3 is 31.2 Å². The van der Waals surface area contributed by atoms with Gasteiger partial charge in [-0.3, -0.25) is 9.59 Å². The molecule has 1 aliphatic carbocycles. The highest BCUT2D eigenvalue weighted by atomic mass is 16.6. The van der Waals surface area contributed by atoms with E-state index < -0.39 is 35.5 Å². The number of hydrogen-bond donors (Lipinski definition) is 5. The van der Waals surface area contributed by atoms with E-state index in [2.05, 4.69) is 36.4 Å².